The highest BCUT2D eigenvalue weighted by atomic mass is 35.5. The molecule has 0 saturated carbocycles. The number of aryl methyl sites for hydroxylation is 1. The SMILES string of the molecule is CCn1cc(C(=O)Nc2ccc(OC)c(Cl)c2)c2cc(OC)c(OC)cc2c1=O. The number of nitrogens with one attached hydrogen (secondary N) is 1. The smallest absolute Gasteiger partial charge is 0.258 e. The molecule has 1 N–H and O–H groups in total. The van der Waals surface area contributed by atoms with Crippen LogP contribution in [0, 0.1) is 0 Å². The molecular weight excluding hydrogens is 396 g/mol. The van der Waals surface area contributed by atoms with E-state index in [0.717, 1.165) is 0 Å². The highest BCUT2D eigenvalue weighted by Gasteiger charge is 2.18. The quantitative estimate of drug-likeness (QED) is 0.658. The van der Waals surface area contributed by atoms with Gasteiger partial charge >= 0.3 is 0 Å². The van der Waals surface area contributed by atoms with Crippen molar-refractivity contribution in [1.29, 1.82) is 0 Å². The highest BCUT2D eigenvalue weighted by Crippen LogP contribution is 2.33. The molecule has 0 aliphatic carbocycles. The predicted molar refractivity (Wildman–Crippen MR) is 113 cm³/mol. The third-order valence-electron chi connectivity index (χ3n) is 4.59. The fourth-order valence-corrected chi connectivity index (χ4v) is 3.33. The van der Waals surface area contributed by atoms with Crippen LogP contribution >= 0.6 is 11.6 Å². The van der Waals surface area contributed by atoms with Gasteiger partial charge in [0.05, 0.1) is 37.3 Å². The summed E-state index contributed by atoms with van der Waals surface area (Å²) >= 11 is 6.14. The van der Waals surface area contributed by atoms with Crippen LogP contribution in [0.3, 0.4) is 0 Å². The number of methoxy groups -OCH3 is 3. The van der Waals surface area contributed by atoms with E-state index in [4.69, 9.17) is 25.8 Å². The molecule has 1 amide bonds. The van der Waals surface area contributed by atoms with Gasteiger partial charge in [-0.25, -0.2) is 0 Å². The van der Waals surface area contributed by atoms with Crippen LogP contribution in [0.5, 0.6) is 17.2 Å². The Kier molecular flexibility index (Phi) is 5.98. The Hall–Kier alpha value is -3.19. The second-order valence-corrected chi connectivity index (χ2v) is 6.60. The number of aromatic nitrogens is 1. The zero-order valence-corrected chi connectivity index (χ0v) is 17.3. The molecule has 0 fully saturated rings. The predicted octanol–water partition coefficient (Wildman–Crippen LogP) is 3.95. The number of carbonyl (C=O) groups is 1. The summed E-state index contributed by atoms with van der Waals surface area (Å²) in [7, 11) is 4.50. The summed E-state index contributed by atoms with van der Waals surface area (Å²) < 4.78 is 17.2. The normalized spacial score (nSPS) is 10.7. The molecule has 0 aliphatic heterocycles. The molecule has 3 rings (SSSR count). The largest absolute Gasteiger partial charge is 0.495 e. The van der Waals surface area contributed by atoms with Crippen molar-refractivity contribution in [2.75, 3.05) is 26.6 Å². The molecule has 3 aromatic rings. The van der Waals surface area contributed by atoms with Gasteiger partial charge in [-0.3, -0.25) is 9.59 Å². The summed E-state index contributed by atoms with van der Waals surface area (Å²) in [4.78, 5) is 25.8. The van der Waals surface area contributed by atoms with Crippen LogP contribution in [0.2, 0.25) is 5.02 Å². The van der Waals surface area contributed by atoms with Crippen LogP contribution in [-0.2, 0) is 6.54 Å². The molecule has 8 heteroatoms. The van der Waals surface area contributed by atoms with E-state index in [1.807, 2.05) is 6.92 Å². The summed E-state index contributed by atoms with van der Waals surface area (Å²) in [6.07, 6.45) is 1.54. The number of amides is 1. The van der Waals surface area contributed by atoms with Crippen molar-refractivity contribution in [2.24, 2.45) is 0 Å². The number of halogens is 1. The number of pyridine rings is 1. The summed E-state index contributed by atoms with van der Waals surface area (Å²) in [6, 6.07) is 8.16. The Bertz CT molecular complexity index is 1140. The average molecular weight is 417 g/mol. The molecule has 7 nitrogen and oxygen atoms in total. The van der Waals surface area contributed by atoms with E-state index < -0.39 is 0 Å². The molecule has 0 aliphatic rings. The summed E-state index contributed by atoms with van der Waals surface area (Å²) in [6.45, 7) is 2.25. The third-order valence-corrected chi connectivity index (χ3v) is 4.88. The number of fused-ring (bicyclic) bond motifs is 1. The van der Waals surface area contributed by atoms with Crippen molar-refractivity contribution in [3.63, 3.8) is 0 Å². The number of rotatable bonds is 6. The van der Waals surface area contributed by atoms with Crippen LogP contribution in [0.25, 0.3) is 10.8 Å². The lowest BCUT2D eigenvalue weighted by Gasteiger charge is -2.14. The Balaban J connectivity index is 2.14. The van der Waals surface area contributed by atoms with Gasteiger partial charge in [0.15, 0.2) is 11.5 Å². The second-order valence-electron chi connectivity index (χ2n) is 6.19. The van der Waals surface area contributed by atoms with E-state index in [0.29, 0.717) is 50.8 Å². The number of carbonyl (C=O) groups excluding carboxylic acids is 1. The van der Waals surface area contributed by atoms with Crippen LogP contribution in [-0.4, -0.2) is 31.8 Å². The molecule has 0 radical (unpaired) electrons. The van der Waals surface area contributed by atoms with Gasteiger partial charge < -0.3 is 24.1 Å². The number of ether oxygens (including phenoxy) is 3. The van der Waals surface area contributed by atoms with E-state index >= 15 is 0 Å². The Morgan fingerprint density at radius 3 is 2.17 bits per heavy atom. The van der Waals surface area contributed by atoms with Gasteiger partial charge in [-0.05, 0) is 37.3 Å². The fraction of sp³-hybridized carbons (Fsp3) is 0.238. The Labute approximate surface area is 172 Å². The maximum absolute atomic E-state index is 13.1. The first-order valence-corrected chi connectivity index (χ1v) is 9.25. The van der Waals surface area contributed by atoms with Crippen LogP contribution in [0.1, 0.15) is 17.3 Å². The Morgan fingerprint density at radius 2 is 1.62 bits per heavy atom. The van der Waals surface area contributed by atoms with Gasteiger partial charge in [0.2, 0.25) is 0 Å². The van der Waals surface area contributed by atoms with Gasteiger partial charge in [-0.1, -0.05) is 11.6 Å². The van der Waals surface area contributed by atoms with Gasteiger partial charge in [0, 0.05) is 23.8 Å². The standard InChI is InChI=1S/C21H21ClN2O5/c1-5-24-11-15(20(25)23-12-6-7-17(27-2)16(22)8-12)13-9-18(28-3)19(29-4)10-14(13)21(24)26/h6-11H,5H2,1-4H3,(H,23,25). The maximum atomic E-state index is 13.1. The van der Waals surface area contributed by atoms with Crippen LogP contribution < -0.4 is 25.1 Å². The van der Waals surface area contributed by atoms with E-state index in [9.17, 15) is 9.59 Å². The van der Waals surface area contributed by atoms with E-state index in [-0.39, 0.29) is 11.5 Å². The molecular formula is C21H21ClN2O5. The molecule has 1 aromatic heterocycles. The van der Waals surface area contributed by atoms with Crippen molar-refractivity contribution in [2.45, 2.75) is 13.5 Å². The minimum atomic E-state index is -0.384. The third kappa shape index (κ3) is 3.86. The number of nitrogens with zero attached hydrogens (tertiary/aromatic N) is 1. The van der Waals surface area contributed by atoms with Crippen molar-refractivity contribution < 1.29 is 19.0 Å². The number of hydrogen-bond acceptors (Lipinski definition) is 5. The first-order valence-electron chi connectivity index (χ1n) is 8.87. The highest BCUT2D eigenvalue weighted by molar-refractivity contribution is 6.32. The zero-order chi connectivity index (χ0) is 21.1. The van der Waals surface area contributed by atoms with E-state index in [2.05, 4.69) is 5.32 Å². The molecule has 0 saturated heterocycles. The van der Waals surface area contributed by atoms with E-state index in [1.165, 1.54) is 32.1 Å². The minimum Gasteiger partial charge on any atom is -0.495 e. The van der Waals surface area contributed by atoms with Gasteiger partial charge in [-0.15, -0.1) is 0 Å². The number of benzene rings is 2. The van der Waals surface area contributed by atoms with Crippen molar-refractivity contribution in [3.8, 4) is 17.2 Å². The number of hydrogen-bond donors (Lipinski definition) is 1. The summed E-state index contributed by atoms with van der Waals surface area (Å²) in [5.41, 5.74) is 0.616. The van der Waals surface area contributed by atoms with Gasteiger partial charge in [0.1, 0.15) is 5.75 Å². The lowest BCUT2D eigenvalue weighted by Crippen LogP contribution is -2.23. The first kappa shape index (κ1) is 20.5. The fourth-order valence-electron chi connectivity index (χ4n) is 3.08. The monoisotopic (exact) mass is 416 g/mol. The van der Waals surface area contributed by atoms with Crippen molar-refractivity contribution >= 4 is 34.0 Å². The van der Waals surface area contributed by atoms with Gasteiger partial charge in [0.25, 0.3) is 11.5 Å². The lowest BCUT2D eigenvalue weighted by molar-refractivity contribution is 0.102. The van der Waals surface area contributed by atoms with Crippen LogP contribution in [0.15, 0.2) is 41.3 Å². The lowest BCUT2D eigenvalue weighted by atomic mass is 10.1. The molecule has 2 aromatic carbocycles. The molecule has 0 bridgehead atoms. The molecule has 0 unspecified atom stereocenters. The average Bonchev–Trinajstić information content (AvgIpc) is 2.73. The molecule has 0 atom stereocenters. The van der Waals surface area contributed by atoms with Crippen molar-refractivity contribution in [1.82, 2.24) is 4.57 Å². The second kappa shape index (κ2) is 8.45. The summed E-state index contributed by atoms with van der Waals surface area (Å²) in [5.74, 6) is 0.964. The molecule has 152 valence electrons. The maximum Gasteiger partial charge on any atom is 0.258 e. The first-order chi connectivity index (χ1) is 13.9. The minimum absolute atomic E-state index is 0.215. The van der Waals surface area contributed by atoms with E-state index in [1.54, 1.807) is 30.3 Å². The zero-order valence-electron chi connectivity index (χ0n) is 16.5. The van der Waals surface area contributed by atoms with Gasteiger partial charge in [-0.2, -0.15) is 0 Å². The molecule has 29 heavy (non-hydrogen) atoms. The summed E-state index contributed by atoms with van der Waals surface area (Å²) in [5, 5.41) is 4.02. The molecule has 0 spiro atoms. The van der Waals surface area contributed by atoms with Crippen LogP contribution in [0.4, 0.5) is 5.69 Å². The molecule has 1 heterocycles. The topological polar surface area (TPSA) is 78.8 Å². The Morgan fingerprint density at radius 1 is 1.00 bits per heavy atom. The number of anilines is 1. The van der Waals surface area contributed by atoms with Crippen molar-refractivity contribution in [3.05, 3.63) is 57.5 Å².